The highest BCUT2D eigenvalue weighted by Gasteiger charge is 2.22. The fourth-order valence-corrected chi connectivity index (χ4v) is 3.82. The number of carbonyl (C=O) groups is 3. The van der Waals surface area contributed by atoms with Crippen molar-refractivity contribution in [3.8, 4) is 5.69 Å². The number of nitrogens with two attached hydrogens (primary N) is 1. The van der Waals surface area contributed by atoms with Crippen molar-refractivity contribution in [3.05, 3.63) is 100 Å². The van der Waals surface area contributed by atoms with Crippen LogP contribution in [0, 0.1) is 0 Å². The number of nitrogens with one attached hydrogen (secondary N) is 1. The minimum atomic E-state index is -0.551. The Morgan fingerprint density at radius 3 is 2.19 bits per heavy atom. The summed E-state index contributed by atoms with van der Waals surface area (Å²) in [5, 5.41) is 8.01. The van der Waals surface area contributed by atoms with Crippen molar-refractivity contribution in [2.24, 2.45) is 5.73 Å². The zero-order valence-electron chi connectivity index (χ0n) is 19.7. The first-order valence-electron chi connectivity index (χ1n) is 11.5. The number of hydrogen-bond donors (Lipinski definition) is 2. The number of carbonyl (C=O) groups excluding carboxylic acids is 3. The molecule has 1 heterocycles. The predicted molar refractivity (Wildman–Crippen MR) is 137 cm³/mol. The molecule has 0 radical (unpaired) electrons. The number of primary amides is 1. The molecule has 0 saturated heterocycles. The van der Waals surface area contributed by atoms with Crippen LogP contribution >= 0.6 is 0 Å². The van der Waals surface area contributed by atoms with Crippen LogP contribution in [0.25, 0.3) is 16.5 Å². The second-order valence-corrected chi connectivity index (χ2v) is 8.07. The Morgan fingerprint density at radius 1 is 0.917 bits per heavy atom. The van der Waals surface area contributed by atoms with Crippen molar-refractivity contribution >= 4 is 34.2 Å². The summed E-state index contributed by atoms with van der Waals surface area (Å²) in [6.45, 7) is 2.31. The second kappa shape index (κ2) is 10.6. The van der Waals surface area contributed by atoms with Crippen molar-refractivity contribution in [2.45, 2.75) is 13.3 Å². The van der Waals surface area contributed by atoms with Gasteiger partial charge in [-0.05, 0) is 49.4 Å². The standard InChI is InChI=1S/C27H25N5O4/c1-2-31(17-16-23(33)29-19-14-12-18(13-15-19)25(28)34)27(36)24-21-10-6-7-11-22(21)26(35)32(30-24)20-8-4-3-5-9-20/h3-15H,2,16-17H2,1H3,(H2,28,34)(H,29,33). The van der Waals surface area contributed by atoms with Gasteiger partial charge in [0.05, 0.1) is 11.1 Å². The van der Waals surface area contributed by atoms with Crippen LogP contribution in [0.1, 0.15) is 34.2 Å². The van der Waals surface area contributed by atoms with Crippen molar-refractivity contribution < 1.29 is 14.4 Å². The lowest BCUT2D eigenvalue weighted by Crippen LogP contribution is -2.36. The number of anilines is 1. The molecule has 3 N–H and O–H groups in total. The maximum absolute atomic E-state index is 13.5. The zero-order valence-corrected chi connectivity index (χ0v) is 19.7. The molecule has 3 amide bonds. The highest BCUT2D eigenvalue weighted by Crippen LogP contribution is 2.17. The van der Waals surface area contributed by atoms with Crippen LogP contribution in [-0.4, -0.2) is 45.5 Å². The Hall–Kier alpha value is -4.79. The number of rotatable bonds is 8. The summed E-state index contributed by atoms with van der Waals surface area (Å²) in [6, 6.07) is 22.0. The van der Waals surface area contributed by atoms with E-state index in [-0.39, 0.29) is 36.0 Å². The summed E-state index contributed by atoms with van der Waals surface area (Å²) in [5.41, 5.74) is 6.46. The molecule has 4 rings (SSSR count). The summed E-state index contributed by atoms with van der Waals surface area (Å²) in [7, 11) is 0. The summed E-state index contributed by atoms with van der Waals surface area (Å²) < 4.78 is 1.23. The Balaban J connectivity index is 1.56. The maximum atomic E-state index is 13.5. The molecule has 0 fully saturated rings. The van der Waals surface area contributed by atoms with Crippen LogP contribution in [0.3, 0.4) is 0 Å². The third-order valence-electron chi connectivity index (χ3n) is 5.74. The van der Waals surface area contributed by atoms with Crippen LogP contribution in [0.2, 0.25) is 0 Å². The molecule has 3 aromatic carbocycles. The lowest BCUT2D eigenvalue weighted by atomic mass is 10.1. The van der Waals surface area contributed by atoms with Crippen molar-refractivity contribution in [3.63, 3.8) is 0 Å². The molecule has 0 saturated carbocycles. The number of amides is 3. The Bertz CT molecular complexity index is 1480. The van der Waals surface area contributed by atoms with Crippen molar-refractivity contribution in [1.82, 2.24) is 14.7 Å². The highest BCUT2D eigenvalue weighted by atomic mass is 16.2. The van der Waals surface area contributed by atoms with Gasteiger partial charge in [-0.1, -0.05) is 36.4 Å². The molecule has 9 nitrogen and oxygen atoms in total. The number of para-hydroxylation sites is 1. The van der Waals surface area contributed by atoms with Gasteiger partial charge in [0.25, 0.3) is 11.5 Å². The molecule has 1 aromatic heterocycles. The third kappa shape index (κ3) is 5.15. The van der Waals surface area contributed by atoms with E-state index < -0.39 is 5.91 Å². The van der Waals surface area contributed by atoms with Gasteiger partial charge >= 0.3 is 0 Å². The number of fused-ring (bicyclic) bond motifs is 1. The van der Waals surface area contributed by atoms with E-state index in [2.05, 4.69) is 10.4 Å². The molecule has 0 atom stereocenters. The number of aromatic nitrogens is 2. The molecule has 4 aromatic rings. The van der Waals surface area contributed by atoms with E-state index in [0.717, 1.165) is 0 Å². The Labute approximate surface area is 207 Å². The van der Waals surface area contributed by atoms with E-state index in [1.807, 2.05) is 13.0 Å². The fourth-order valence-electron chi connectivity index (χ4n) is 3.82. The van der Waals surface area contributed by atoms with Gasteiger partial charge in [-0.25, -0.2) is 0 Å². The smallest absolute Gasteiger partial charge is 0.279 e. The molecule has 0 aliphatic carbocycles. The summed E-state index contributed by atoms with van der Waals surface area (Å²) >= 11 is 0. The van der Waals surface area contributed by atoms with Gasteiger partial charge in [0.1, 0.15) is 0 Å². The van der Waals surface area contributed by atoms with E-state index in [0.29, 0.717) is 34.3 Å². The van der Waals surface area contributed by atoms with E-state index in [1.54, 1.807) is 60.7 Å². The zero-order chi connectivity index (χ0) is 25.7. The SMILES string of the molecule is CCN(CCC(=O)Nc1ccc(C(N)=O)cc1)C(=O)c1nn(-c2ccccc2)c(=O)c2ccccc12. The van der Waals surface area contributed by atoms with Gasteiger partial charge in [-0.15, -0.1) is 0 Å². The first-order chi connectivity index (χ1) is 17.4. The van der Waals surface area contributed by atoms with Gasteiger partial charge in [0, 0.05) is 36.1 Å². The lowest BCUT2D eigenvalue weighted by molar-refractivity contribution is -0.116. The molecule has 0 unspecified atom stereocenters. The molecule has 182 valence electrons. The quantitative estimate of drug-likeness (QED) is 0.398. The third-order valence-corrected chi connectivity index (χ3v) is 5.74. The van der Waals surface area contributed by atoms with Crippen LogP contribution in [0.5, 0.6) is 0 Å². The van der Waals surface area contributed by atoms with E-state index in [9.17, 15) is 19.2 Å². The normalized spacial score (nSPS) is 10.7. The number of hydrogen-bond acceptors (Lipinski definition) is 5. The Kier molecular flexibility index (Phi) is 7.20. The predicted octanol–water partition coefficient (Wildman–Crippen LogP) is 2.98. The van der Waals surface area contributed by atoms with Gasteiger partial charge in [0.2, 0.25) is 11.8 Å². The number of benzene rings is 3. The summed E-state index contributed by atoms with van der Waals surface area (Å²) in [5.74, 6) is -1.22. The van der Waals surface area contributed by atoms with Gasteiger partial charge in [0.15, 0.2) is 5.69 Å². The average Bonchev–Trinajstić information content (AvgIpc) is 2.90. The molecule has 0 bridgehead atoms. The fraction of sp³-hybridized carbons (Fsp3) is 0.148. The molecule has 0 aliphatic heterocycles. The summed E-state index contributed by atoms with van der Waals surface area (Å²) in [4.78, 5) is 51.8. The van der Waals surface area contributed by atoms with Gasteiger partial charge in [-0.3, -0.25) is 19.2 Å². The minimum absolute atomic E-state index is 0.0490. The average molecular weight is 484 g/mol. The Morgan fingerprint density at radius 2 is 1.56 bits per heavy atom. The summed E-state index contributed by atoms with van der Waals surface area (Å²) in [6.07, 6.45) is 0.0490. The molecular weight excluding hydrogens is 458 g/mol. The molecular formula is C27H25N5O4. The van der Waals surface area contributed by atoms with E-state index in [1.165, 1.54) is 21.7 Å². The molecule has 0 aliphatic rings. The van der Waals surface area contributed by atoms with Gasteiger partial charge < -0.3 is 16.0 Å². The van der Waals surface area contributed by atoms with Gasteiger partial charge in [-0.2, -0.15) is 9.78 Å². The number of nitrogens with zero attached hydrogens (tertiary/aromatic N) is 3. The highest BCUT2D eigenvalue weighted by molar-refractivity contribution is 6.05. The van der Waals surface area contributed by atoms with Crippen molar-refractivity contribution in [2.75, 3.05) is 18.4 Å². The maximum Gasteiger partial charge on any atom is 0.279 e. The second-order valence-electron chi connectivity index (χ2n) is 8.07. The lowest BCUT2D eigenvalue weighted by Gasteiger charge is -2.21. The monoisotopic (exact) mass is 483 g/mol. The van der Waals surface area contributed by atoms with E-state index >= 15 is 0 Å². The molecule has 36 heavy (non-hydrogen) atoms. The van der Waals surface area contributed by atoms with E-state index in [4.69, 9.17) is 5.73 Å². The van der Waals surface area contributed by atoms with Crippen LogP contribution < -0.4 is 16.6 Å². The minimum Gasteiger partial charge on any atom is -0.366 e. The first-order valence-corrected chi connectivity index (χ1v) is 11.5. The molecule has 0 spiro atoms. The van der Waals surface area contributed by atoms with Crippen molar-refractivity contribution in [1.29, 1.82) is 0 Å². The van der Waals surface area contributed by atoms with Crippen LogP contribution in [-0.2, 0) is 4.79 Å². The van der Waals surface area contributed by atoms with Crippen LogP contribution in [0.15, 0.2) is 83.7 Å². The topological polar surface area (TPSA) is 127 Å². The van der Waals surface area contributed by atoms with Crippen LogP contribution in [0.4, 0.5) is 5.69 Å². The largest absolute Gasteiger partial charge is 0.366 e. The molecule has 9 heteroatoms. The first kappa shape index (κ1) is 24.3.